The molecule has 27 heavy (non-hydrogen) atoms. The molecule has 0 saturated heterocycles. The minimum Gasteiger partial charge on any atom is -0.444 e. The van der Waals surface area contributed by atoms with E-state index in [0.29, 0.717) is 5.69 Å². The summed E-state index contributed by atoms with van der Waals surface area (Å²) in [7, 11) is 0. The Morgan fingerprint density at radius 3 is 2.44 bits per heavy atom. The minimum absolute atomic E-state index is 0.455. The number of hydrogen-bond donors (Lipinski definition) is 1. The van der Waals surface area contributed by atoms with Crippen molar-refractivity contribution in [2.45, 2.75) is 59.0 Å². The highest BCUT2D eigenvalue weighted by Crippen LogP contribution is 2.20. The second kappa shape index (κ2) is 9.91. The molecule has 0 fully saturated rings. The lowest BCUT2D eigenvalue weighted by Gasteiger charge is -2.19. The number of rotatable bonds is 7. The van der Waals surface area contributed by atoms with Crippen molar-refractivity contribution < 1.29 is 9.53 Å². The molecular weight excluding hydrogens is 336 g/mol. The summed E-state index contributed by atoms with van der Waals surface area (Å²) >= 11 is 0. The fourth-order valence-electron chi connectivity index (χ4n) is 2.55. The maximum Gasteiger partial charge on any atom is 0.412 e. The Morgan fingerprint density at radius 1 is 1.11 bits per heavy atom. The van der Waals surface area contributed by atoms with Gasteiger partial charge in [-0.3, -0.25) is 10.3 Å². The molecule has 1 aromatic heterocycles. The van der Waals surface area contributed by atoms with E-state index in [1.54, 1.807) is 0 Å². The molecule has 0 aliphatic heterocycles. The Labute approximate surface area is 162 Å². The molecule has 0 radical (unpaired) electrons. The third-order valence-electron chi connectivity index (χ3n) is 3.90. The largest absolute Gasteiger partial charge is 0.444 e. The Morgan fingerprint density at radius 2 is 1.85 bits per heavy atom. The van der Waals surface area contributed by atoms with Gasteiger partial charge >= 0.3 is 6.09 Å². The van der Waals surface area contributed by atoms with E-state index in [9.17, 15) is 4.79 Å². The Bertz CT molecular complexity index is 741. The number of carbonyl (C=O) groups excluding carboxylic acids is 1. The molecule has 0 saturated carbocycles. The van der Waals surface area contributed by atoms with E-state index in [0.717, 1.165) is 23.2 Å². The number of hydrogen-bond acceptors (Lipinski definition) is 3. The first-order valence-electron chi connectivity index (χ1n) is 9.60. The number of amides is 1. The first kappa shape index (κ1) is 20.7. The van der Waals surface area contributed by atoms with Crippen molar-refractivity contribution in [1.29, 1.82) is 0 Å². The molecule has 4 heteroatoms. The number of carbonyl (C=O) groups is 1. The molecule has 0 aliphatic rings. The fourth-order valence-corrected chi connectivity index (χ4v) is 2.55. The average molecular weight is 367 g/mol. The van der Waals surface area contributed by atoms with Gasteiger partial charge in [0.05, 0.1) is 5.69 Å². The third-order valence-corrected chi connectivity index (χ3v) is 3.90. The van der Waals surface area contributed by atoms with E-state index in [4.69, 9.17) is 4.74 Å². The summed E-state index contributed by atoms with van der Waals surface area (Å²) < 4.78 is 5.25. The molecule has 1 N–H and O–H groups in total. The second-order valence-corrected chi connectivity index (χ2v) is 7.58. The summed E-state index contributed by atoms with van der Waals surface area (Å²) in [5, 5.41) is 2.73. The van der Waals surface area contributed by atoms with Gasteiger partial charge < -0.3 is 4.74 Å². The van der Waals surface area contributed by atoms with Crippen molar-refractivity contribution in [1.82, 2.24) is 4.98 Å². The van der Waals surface area contributed by atoms with Crippen LogP contribution in [0.2, 0.25) is 0 Å². The number of benzene rings is 1. The van der Waals surface area contributed by atoms with E-state index in [-0.39, 0.29) is 0 Å². The van der Waals surface area contributed by atoms with Crippen molar-refractivity contribution in [2.24, 2.45) is 0 Å². The van der Waals surface area contributed by atoms with Gasteiger partial charge in [0.2, 0.25) is 0 Å². The van der Waals surface area contributed by atoms with Gasteiger partial charge in [-0.1, -0.05) is 50.1 Å². The van der Waals surface area contributed by atoms with Crippen LogP contribution >= 0.6 is 0 Å². The molecule has 1 heterocycles. The summed E-state index contributed by atoms with van der Waals surface area (Å²) in [6.07, 6.45) is 10.6. The van der Waals surface area contributed by atoms with Crippen LogP contribution in [-0.4, -0.2) is 16.7 Å². The summed E-state index contributed by atoms with van der Waals surface area (Å²) in [6.45, 7) is 7.73. The highest BCUT2D eigenvalue weighted by molar-refractivity contribution is 5.85. The lowest BCUT2D eigenvalue weighted by atomic mass is 10.1. The molecule has 0 aliphatic carbocycles. The second-order valence-electron chi connectivity index (χ2n) is 7.58. The van der Waals surface area contributed by atoms with Crippen LogP contribution in [0.1, 0.15) is 58.9 Å². The van der Waals surface area contributed by atoms with Gasteiger partial charge in [0, 0.05) is 17.4 Å². The third kappa shape index (κ3) is 7.65. The van der Waals surface area contributed by atoms with Crippen molar-refractivity contribution in [3.63, 3.8) is 0 Å². The number of pyridine rings is 1. The van der Waals surface area contributed by atoms with Crippen molar-refractivity contribution in [3.8, 4) is 11.3 Å². The summed E-state index contributed by atoms with van der Waals surface area (Å²) in [5.41, 5.74) is 3.20. The predicted molar refractivity (Wildman–Crippen MR) is 113 cm³/mol. The van der Waals surface area contributed by atoms with Crippen LogP contribution in [0.4, 0.5) is 10.5 Å². The topological polar surface area (TPSA) is 51.2 Å². The molecule has 0 unspecified atom stereocenters. The molecule has 2 rings (SSSR count). The fraction of sp³-hybridized carbons (Fsp3) is 0.391. The number of nitrogens with one attached hydrogen (secondary N) is 1. The molecule has 1 amide bonds. The van der Waals surface area contributed by atoms with Gasteiger partial charge in [0.25, 0.3) is 0 Å². The van der Waals surface area contributed by atoms with Crippen LogP contribution < -0.4 is 5.32 Å². The minimum atomic E-state index is -0.514. The SMILES string of the molecule is CCCCC/C=C/c1ccc(-c2ccc(NC(=O)OC(C)(C)C)cc2)nc1. The Balaban J connectivity index is 1.93. The Hall–Kier alpha value is -2.62. The van der Waals surface area contributed by atoms with Crippen LogP contribution in [0.3, 0.4) is 0 Å². The maximum absolute atomic E-state index is 11.8. The lowest BCUT2D eigenvalue weighted by molar-refractivity contribution is 0.0636. The quantitative estimate of drug-likeness (QED) is 0.555. The van der Waals surface area contributed by atoms with Crippen LogP contribution in [0.15, 0.2) is 48.7 Å². The highest BCUT2D eigenvalue weighted by Gasteiger charge is 2.16. The van der Waals surface area contributed by atoms with Crippen molar-refractivity contribution >= 4 is 17.9 Å². The maximum atomic E-state index is 11.8. The normalized spacial score (nSPS) is 11.6. The van der Waals surface area contributed by atoms with E-state index in [1.165, 1.54) is 19.3 Å². The zero-order chi connectivity index (χ0) is 19.7. The number of anilines is 1. The number of allylic oxidation sites excluding steroid dienone is 1. The molecule has 0 atom stereocenters. The van der Waals surface area contributed by atoms with Crippen LogP contribution in [0.25, 0.3) is 17.3 Å². The standard InChI is InChI=1S/C23H30N2O2/c1-5-6-7-8-9-10-18-11-16-21(24-17-18)19-12-14-20(15-13-19)25-22(26)27-23(2,3)4/h9-17H,5-8H2,1-4H3,(H,25,26)/b10-9+. The van der Waals surface area contributed by atoms with Crippen LogP contribution in [-0.2, 0) is 4.74 Å². The van der Waals surface area contributed by atoms with Gasteiger partial charge in [0.1, 0.15) is 5.60 Å². The first-order valence-corrected chi connectivity index (χ1v) is 9.60. The molecule has 2 aromatic rings. The highest BCUT2D eigenvalue weighted by atomic mass is 16.6. The number of nitrogens with zero attached hydrogens (tertiary/aromatic N) is 1. The van der Waals surface area contributed by atoms with Gasteiger partial charge in [0.15, 0.2) is 0 Å². The average Bonchev–Trinajstić information content (AvgIpc) is 2.61. The van der Waals surface area contributed by atoms with Crippen LogP contribution in [0, 0.1) is 0 Å². The van der Waals surface area contributed by atoms with Crippen LogP contribution in [0.5, 0.6) is 0 Å². The van der Waals surface area contributed by atoms with Gasteiger partial charge in [-0.2, -0.15) is 0 Å². The van der Waals surface area contributed by atoms with E-state index >= 15 is 0 Å². The van der Waals surface area contributed by atoms with E-state index in [1.807, 2.05) is 57.3 Å². The zero-order valence-corrected chi connectivity index (χ0v) is 16.8. The van der Waals surface area contributed by atoms with Crippen molar-refractivity contribution in [3.05, 3.63) is 54.2 Å². The number of aromatic nitrogens is 1. The van der Waals surface area contributed by atoms with E-state index < -0.39 is 11.7 Å². The summed E-state index contributed by atoms with van der Waals surface area (Å²) in [5.74, 6) is 0. The number of unbranched alkanes of at least 4 members (excludes halogenated alkanes) is 3. The zero-order valence-electron chi connectivity index (χ0n) is 16.8. The molecule has 0 bridgehead atoms. The Kier molecular flexibility index (Phi) is 7.59. The molecule has 4 nitrogen and oxygen atoms in total. The molecule has 144 valence electrons. The monoisotopic (exact) mass is 366 g/mol. The van der Waals surface area contributed by atoms with Crippen molar-refractivity contribution in [2.75, 3.05) is 5.32 Å². The smallest absolute Gasteiger partial charge is 0.412 e. The summed E-state index contributed by atoms with van der Waals surface area (Å²) in [4.78, 5) is 16.4. The lowest BCUT2D eigenvalue weighted by Crippen LogP contribution is -2.27. The number of ether oxygens (including phenoxy) is 1. The summed E-state index contributed by atoms with van der Waals surface area (Å²) in [6, 6.07) is 11.7. The molecular formula is C23H30N2O2. The molecule has 0 spiro atoms. The van der Waals surface area contributed by atoms with Gasteiger partial charge in [-0.05, 0) is 57.4 Å². The van der Waals surface area contributed by atoms with Gasteiger partial charge in [-0.15, -0.1) is 0 Å². The first-order chi connectivity index (χ1) is 12.9. The molecule has 1 aromatic carbocycles. The van der Waals surface area contributed by atoms with E-state index in [2.05, 4.69) is 35.4 Å². The predicted octanol–water partition coefficient (Wildman–Crippen LogP) is 6.69. The van der Waals surface area contributed by atoms with Gasteiger partial charge in [-0.25, -0.2) is 4.79 Å².